The van der Waals surface area contributed by atoms with Gasteiger partial charge in [0.25, 0.3) is 0 Å². The second-order valence-electron chi connectivity index (χ2n) is 3.72. The number of hydrogen-bond acceptors (Lipinski definition) is 1. The van der Waals surface area contributed by atoms with E-state index in [0.717, 1.165) is 19.3 Å². The summed E-state index contributed by atoms with van der Waals surface area (Å²) < 4.78 is 0. The Kier molecular flexibility index (Phi) is 3.62. The molecule has 60 valence electrons. The van der Waals surface area contributed by atoms with Gasteiger partial charge in [-0.25, -0.2) is 0 Å². The van der Waals surface area contributed by atoms with Gasteiger partial charge in [0.2, 0.25) is 0 Å². The first kappa shape index (κ1) is 9.67. The van der Waals surface area contributed by atoms with E-state index in [1.54, 1.807) is 6.92 Å². The van der Waals surface area contributed by atoms with Crippen LogP contribution in [0.1, 0.15) is 47.0 Å². The summed E-state index contributed by atoms with van der Waals surface area (Å²) in [6.07, 6.45) is 2.92. The molecule has 0 spiro atoms. The van der Waals surface area contributed by atoms with Gasteiger partial charge in [0.1, 0.15) is 5.78 Å². The molecule has 0 radical (unpaired) electrons. The highest BCUT2D eigenvalue weighted by Gasteiger charge is 2.14. The van der Waals surface area contributed by atoms with Crippen LogP contribution in [0, 0.1) is 5.41 Å². The Balaban J connectivity index is 3.56. The van der Waals surface area contributed by atoms with Gasteiger partial charge in [0.15, 0.2) is 0 Å². The minimum atomic E-state index is 0.307. The number of rotatable bonds is 4. The maximum Gasteiger partial charge on any atom is 0.129 e. The van der Waals surface area contributed by atoms with Gasteiger partial charge in [0.05, 0.1) is 0 Å². The normalized spacial score (nSPS) is 11.6. The molecule has 0 unspecified atom stereocenters. The molecule has 10 heavy (non-hydrogen) atoms. The summed E-state index contributed by atoms with van der Waals surface area (Å²) in [6, 6.07) is 0. The third-order valence-electron chi connectivity index (χ3n) is 2.11. The van der Waals surface area contributed by atoms with E-state index in [0.29, 0.717) is 11.2 Å². The first-order chi connectivity index (χ1) is 4.48. The van der Waals surface area contributed by atoms with Crippen molar-refractivity contribution < 1.29 is 4.79 Å². The molecule has 0 bridgehead atoms. The molecule has 0 aliphatic heterocycles. The number of carbonyl (C=O) groups is 1. The third kappa shape index (κ3) is 4.54. The summed E-state index contributed by atoms with van der Waals surface area (Å²) >= 11 is 0. The zero-order chi connectivity index (χ0) is 8.20. The van der Waals surface area contributed by atoms with E-state index in [-0.39, 0.29) is 0 Å². The van der Waals surface area contributed by atoms with Crippen molar-refractivity contribution in [3.05, 3.63) is 0 Å². The molecule has 0 aromatic carbocycles. The highest BCUT2D eigenvalue weighted by Crippen LogP contribution is 2.25. The molecular weight excluding hydrogens is 124 g/mol. The van der Waals surface area contributed by atoms with E-state index in [9.17, 15) is 4.79 Å². The van der Waals surface area contributed by atoms with Gasteiger partial charge in [0, 0.05) is 6.42 Å². The fourth-order valence-corrected chi connectivity index (χ4v) is 0.691. The van der Waals surface area contributed by atoms with Crippen LogP contribution in [0.5, 0.6) is 0 Å². The van der Waals surface area contributed by atoms with Gasteiger partial charge >= 0.3 is 0 Å². The molecule has 0 rings (SSSR count). The molecule has 0 saturated carbocycles. The SMILES string of the molecule is CCC(C)(C)CCC(C)=O. The molecule has 0 atom stereocenters. The second-order valence-corrected chi connectivity index (χ2v) is 3.72. The maximum absolute atomic E-state index is 10.6. The fourth-order valence-electron chi connectivity index (χ4n) is 0.691. The first-order valence-corrected chi connectivity index (χ1v) is 3.97. The van der Waals surface area contributed by atoms with Crippen LogP contribution in [0.2, 0.25) is 0 Å². The molecule has 1 heteroatoms. The van der Waals surface area contributed by atoms with Crippen molar-refractivity contribution in [3.8, 4) is 0 Å². The lowest BCUT2D eigenvalue weighted by Crippen LogP contribution is -2.10. The topological polar surface area (TPSA) is 17.1 Å². The predicted molar refractivity (Wildman–Crippen MR) is 44.0 cm³/mol. The molecule has 0 aromatic heterocycles. The average molecular weight is 142 g/mol. The van der Waals surface area contributed by atoms with Gasteiger partial charge in [-0.15, -0.1) is 0 Å². The summed E-state index contributed by atoms with van der Waals surface area (Å²) in [4.78, 5) is 10.6. The molecule has 0 N–H and O–H groups in total. The summed E-state index contributed by atoms with van der Waals surface area (Å²) in [5.41, 5.74) is 0.353. The number of Topliss-reactive ketones (excluding diaryl/α,β-unsaturated/α-hetero) is 1. The lowest BCUT2D eigenvalue weighted by atomic mass is 9.85. The smallest absolute Gasteiger partial charge is 0.129 e. The first-order valence-electron chi connectivity index (χ1n) is 3.97. The predicted octanol–water partition coefficient (Wildman–Crippen LogP) is 2.79. The summed E-state index contributed by atoms with van der Waals surface area (Å²) in [5, 5.41) is 0. The Bertz CT molecular complexity index is 114. The van der Waals surface area contributed by atoms with E-state index in [1.165, 1.54) is 0 Å². The van der Waals surface area contributed by atoms with E-state index < -0.39 is 0 Å². The van der Waals surface area contributed by atoms with E-state index in [1.807, 2.05) is 0 Å². The van der Waals surface area contributed by atoms with Gasteiger partial charge in [-0.2, -0.15) is 0 Å². The Labute approximate surface area is 63.8 Å². The zero-order valence-corrected chi connectivity index (χ0v) is 7.53. The quantitative estimate of drug-likeness (QED) is 0.590. The van der Waals surface area contributed by atoms with Crippen molar-refractivity contribution in [1.29, 1.82) is 0 Å². The van der Waals surface area contributed by atoms with Crippen molar-refractivity contribution in [3.63, 3.8) is 0 Å². The molecule has 0 aromatic rings. The maximum atomic E-state index is 10.6. The van der Waals surface area contributed by atoms with Crippen LogP contribution < -0.4 is 0 Å². The van der Waals surface area contributed by atoms with E-state index >= 15 is 0 Å². The molecule has 0 fully saturated rings. The van der Waals surface area contributed by atoms with Gasteiger partial charge in [-0.1, -0.05) is 27.2 Å². The molecule has 0 heterocycles. The van der Waals surface area contributed by atoms with Crippen LogP contribution in [0.25, 0.3) is 0 Å². The van der Waals surface area contributed by atoms with Gasteiger partial charge in [-0.3, -0.25) is 0 Å². The highest BCUT2D eigenvalue weighted by atomic mass is 16.1. The monoisotopic (exact) mass is 142 g/mol. The van der Waals surface area contributed by atoms with Crippen LogP contribution in [0.15, 0.2) is 0 Å². The van der Waals surface area contributed by atoms with Crippen molar-refractivity contribution in [2.24, 2.45) is 5.41 Å². The molecule has 0 amide bonds. The standard InChI is InChI=1S/C9H18O/c1-5-9(3,4)7-6-8(2)10/h5-7H2,1-4H3. The lowest BCUT2D eigenvalue weighted by Gasteiger charge is -2.21. The summed E-state index contributed by atoms with van der Waals surface area (Å²) in [7, 11) is 0. The van der Waals surface area contributed by atoms with E-state index in [2.05, 4.69) is 20.8 Å². The van der Waals surface area contributed by atoms with Crippen LogP contribution in [0.4, 0.5) is 0 Å². The van der Waals surface area contributed by atoms with Crippen molar-refractivity contribution in [2.45, 2.75) is 47.0 Å². The minimum absolute atomic E-state index is 0.307. The molecule has 1 nitrogen and oxygen atoms in total. The largest absolute Gasteiger partial charge is 0.300 e. The zero-order valence-electron chi connectivity index (χ0n) is 7.53. The molecular formula is C9H18O. The van der Waals surface area contributed by atoms with Crippen molar-refractivity contribution >= 4 is 5.78 Å². The Morgan fingerprint density at radius 2 is 1.90 bits per heavy atom. The highest BCUT2D eigenvalue weighted by molar-refractivity contribution is 5.75. The van der Waals surface area contributed by atoms with E-state index in [4.69, 9.17) is 0 Å². The number of ketones is 1. The van der Waals surface area contributed by atoms with Crippen LogP contribution in [-0.4, -0.2) is 5.78 Å². The van der Waals surface area contributed by atoms with Crippen LogP contribution >= 0.6 is 0 Å². The Morgan fingerprint density at radius 3 is 2.20 bits per heavy atom. The number of hydrogen-bond donors (Lipinski definition) is 0. The molecule has 0 saturated heterocycles. The van der Waals surface area contributed by atoms with Crippen LogP contribution in [-0.2, 0) is 4.79 Å². The molecule has 0 aliphatic rings. The number of carbonyl (C=O) groups excluding carboxylic acids is 1. The van der Waals surface area contributed by atoms with Crippen LogP contribution in [0.3, 0.4) is 0 Å². The molecule has 0 aliphatic carbocycles. The Morgan fingerprint density at radius 1 is 1.40 bits per heavy atom. The average Bonchev–Trinajstić information content (AvgIpc) is 1.85. The van der Waals surface area contributed by atoms with Gasteiger partial charge < -0.3 is 4.79 Å². The fraction of sp³-hybridized carbons (Fsp3) is 0.889. The van der Waals surface area contributed by atoms with Gasteiger partial charge in [-0.05, 0) is 18.8 Å². The Hall–Kier alpha value is -0.330. The minimum Gasteiger partial charge on any atom is -0.300 e. The third-order valence-corrected chi connectivity index (χ3v) is 2.11. The lowest BCUT2D eigenvalue weighted by molar-refractivity contribution is -0.117. The van der Waals surface area contributed by atoms with Crippen molar-refractivity contribution in [1.82, 2.24) is 0 Å². The van der Waals surface area contributed by atoms with Crippen molar-refractivity contribution in [2.75, 3.05) is 0 Å². The summed E-state index contributed by atoms with van der Waals surface area (Å²) in [6.45, 7) is 8.23. The summed E-state index contributed by atoms with van der Waals surface area (Å²) in [5.74, 6) is 0.307. The second kappa shape index (κ2) is 3.75.